The minimum Gasteiger partial charge on any atom is -0.107 e. The van der Waals surface area contributed by atoms with Gasteiger partial charge in [-0.05, 0) is 62.7 Å². The minimum atomic E-state index is -0.222. The Morgan fingerprint density at radius 3 is 1.35 bits per heavy atom. The Morgan fingerprint density at radius 1 is 0.647 bits per heavy atom. The van der Waals surface area contributed by atoms with E-state index < -0.39 is 0 Å². The molecular weight excluding hydrogens is 223 g/mol. The van der Waals surface area contributed by atoms with E-state index in [0.717, 1.165) is 10.3 Å². The van der Waals surface area contributed by atoms with Crippen LogP contribution in [0.3, 0.4) is 0 Å². The van der Waals surface area contributed by atoms with Crippen molar-refractivity contribution in [1.82, 2.24) is 0 Å². The monoisotopic (exact) mass is 252 g/mol. The van der Waals surface area contributed by atoms with E-state index in [9.17, 15) is 0 Å². The maximum absolute atomic E-state index is 2.49. The first-order valence-corrected chi connectivity index (χ1v) is 9.37. The number of hydrogen-bond acceptors (Lipinski definition) is 0. The lowest BCUT2D eigenvalue weighted by atomic mass is 9.91. The molecule has 2 aliphatic carbocycles. The maximum Gasteiger partial charge on any atom is -0.0117 e. The topological polar surface area (TPSA) is 0 Å². The molecule has 0 unspecified atom stereocenters. The van der Waals surface area contributed by atoms with Gasteiger partial charge in [-0.2, -0.15) is 0 Å². The molecule has 98 valence electrons. The summed E-state index contributed by atoms with van der Waals surface area (Å²) in [4.78, 5) is 0. The van der Waals surface area contributed by atoms with E-state index in [1.165, 1.54) is 25.7 Å². The summed E-state index contributed by atoms with van der Waals surface area (Å²) in [7, 11) is -0.222. The molecule has 1 saturated heterocycles. The van der Waals surface area contributed by atoms with Gasteiger partial charge in [0.05, 0.1) is 0 Å². The molecular formula is C16H29P. The van der Waals surface area contributed by atoms with Crippen LogP contribution < -0.4 is 0 Å². The molecule has 17 heavy (non-hydrogen) atoms. The Morgan fingerprint density at radius 2 is 1.00 bits per heavy atom. The van der Waals surface area contributed by atoms with Crippen molar-refractivity contribution >= 4 is 12.8 Å². The Labute approximate surface area is 108 Å². The van der Waals surface area contributed by atoms with Crippen LogP contribution >= 0.6 is 7.55 Å². The number of rotatable bonds is 0. The smallest absolute Gasteiger partial charge is 0.0117 e. The van der Waals surface area contributed by atoms with Crippen LogP contribution in [0, 0.1) is 0 Å². The third-order valence-electron chi connectivity index (χ3n) is 5.99. The summed E-state index contributed by atoms with van der Waals surface area (Å²) in [5.74, 6) is 0. The van der Waals surface area contributed by atoms with E-state index >= 15 is 0 Å². The molecule has 0 nitrogen and oxygen atoms in total. The summed E-state index contributed by atoms with van der Waals surface area (Å²) in [5.41, 5.74) is 0. The van der Waals surface area contributed by atoms with E-state index in [2.05, 4.69) is 13.8 Å². The van der Waals surface area contributed by atoms with Gasteiger partial charge in [-0.25, -0.2) is 0 Å². The molecule has 0 radical (unpaired) electrons. The molecule has 2 spiro atoms. The second-order valence-corrected chi connectivity index (χ2v) is 11.1. The molecule has 1 aliphatic heterocycles. The SMILES string of the molecule is CC(C)=[PH]1C2(CCCC2)CCCC12CCCC2. The summed E-state index contributed by atoms with van der Waals surface area (Å²) in [6.07, 6.45) is 17.3. The van der Waals surface area contributed by atoms with Crippen LogP contribution in [0.4, 0.5) is 0 Å². The van der Waals surface area contributed by atoms with Gasteiger partial charge in [-0.1, -0.05) is 37.4 Å². The Hall–Kier alpha value is 0.300. The van der Waals surface area contributed by atoms with Crippen LogP contribution in [0.5, 0.6) is 0 Å². The third kappa shape index (κ3) is 1.86. The average Bonchev–Trinajstić information content (AvgIpc) is 2.89. The molecule has 2 saturated carbocycles. The van der Waals surface area contributed by atoms with Crippen molar-refractivity contribution in [2.24, 2.45) is 0 Å². The summed E-state index contributed by atoms with van der Waals surface area (Å²) >= 11 is 0. The zero-order valence-corrected chi connectivity index (χ0v) is 12.8. The van der Waals surface area contributed by atoms with Crippen LogP contribution in [0.15, 0.2) is 0 Å². The highest BCUT2D eigenvalue weighted by molar-refractivity contribution is 7.62. The van der Waals surface area contributed by atoms with Crippen molar-refractivity contribution in [3.05, 3.63) is 0 Å². The van der Waals surface area contributed by atoms with Gasteiger partial charge < -0.3 is 0 Å². The maximum atomic E-state index is 2.49. The second kappa shape index (κ2) is 4.44. The number of hydrogen-bond donors (Lipinski definition) is 0. The molecule has 1 heteroatoms. The van der Waals surface area contributed by atoms with E-state index in [1.54, 1.807) is 44.9 Å². The van der Waals surface area contributed by atoms with E-state index in [0.29, 0.717) is 0 Å². The summed E-state index contributed by atoms with van der Waals surface area (Å²) in [6, 6.07) is 0. The van der Waals surface area contributed by atoms with Crippen LogP contribution in [-0.4, -0.2) is 15.6 Å². The molecule has 0 aromatic heterocycles. The molecule has 0 aromatic carbocycles. The molecule has 0 atom stereocenters. The molecule has 0 N–H and O–H groups in total. The van der Waals surface area contributed by atoms with E-state index in [4.69, 9.17) is 0 Å². The lowest BCUT2D eigenvalue weighted by Crippen LogP contribution is -2.38. The predicted octanol–water partition coefficient (Wildman–Crippen LogP) is 5.22. The first kappa shape index (κ1) is 12.3. The zero-order chi connectivity index (χ0) is 11.9. The molecule has 3 aliphatic rings. The molecule has 3 fully saturated rings. The summed E-state index contributed by atoms with van der Waals surface area (Å²) in [5, 5.41) is 3.58. The highest BCUT2D eigenvalue weighted by Gasteiger charge is 2.50. The molecule has 3 rings (SSSR count). The fourth-order valence-electron chi connectivity index (χ4n) is 5.74. The summed E-state index contributed by atoms with van der Waals surface area (Å²) in [6.45, 7) is 4.97. The second-order valence-electron chi connectivity index (χ2n) is 7.20. The summed E-state index contributed by atoms with van der Waals surface area (Å²) < 4.78 is 0. The van der Waals surface area contributed by atoms with Gasteiger partial charge >= 0.3 is 0 Å². The Bertz CT molecular complexity index is 297. The quantitative estimate of drug-likeness (QED) is 0.518. The van der Waals surface area contributed by atoms with Gasteiger partial charge in [-0.3, -0.25) is 0 Å². The standard InChI is InChI=1S/C16H29P/c1-14(2)17-15(8-3-4-9-15)12-7-13-16(17)10-5-6-11-16/h17H,3-13H2,1-2H3. The first-order valence-electron chi connectivity index (χ1n) is 7.87. The van der Waals surface area contributed by atoms with Crippen molar-refractivity contribution in [1.29, 1.82) is 0 Å². The normalized spacial score (nSPS) is 31.4. The van der Waals surface area contributed by atoms with Crippen molar-refractivity contribution in [2.45, 2.75) is 94.8 Å². The Balaban J connectivity index is 2.04. The van der Waals surface area contributed by atoms with E-state index in [-0.39, 0.29) is 7.55 Å². The third-order valence-corrected chi connectivity index (χ3v) is 10.6. The van der Waals surface area contributed by atoms with Gasteiger partial charge in [0.2, 0.25) is 0 Å². The van der Waals surface area contributed by atoms with Crippen molar-refractivity contribution in [2.75, 3.05) is 0 Å². The minimum absolute atomic E-state index is 0.222. The van der Waals surface area contributed by atoms with Crippen molar-refractivity contribution in [3.63, 3.8) is 0 Å². The lowest BCUT2D eigenvalue weighted by Gasteiger charge is -2.50. The van der Waals surface area contributed by atoms with Crippen LogP contribution in [0.1, 0.15) is 84.5 Å². The van der Waals surface area contributed by atoms with Gasteiger partial charge in [0.1, 0.15) is 0 Å². The molecule has 0 aromatic rings. The van der Waals surface area contributed by atoms with Crippen molar-refractivity contribution in [3.8, 4) is 0 Å². The van der Waals surface area contributed by atoms with Crippen LogP contribution in [-0.2, 0) is 0 Å². The van der Waals surface area contributed by atoms with Crippen LogP contribution in [0.2, 0.25) is 0 Å². The van der Waals surface area contributed by atoms with Crippen LogP contribution in [0.25, 0.3) is 0 Å². The molecule has 0 amide bonds. The average molecular weight is 252 g/mol. The molecule has 1 heterocycles. The fourth-order valence-corrected chi connectivity index (χ4v) is 11.5. The lowest BCUT2D eigenvalue weighted by molar-refractivity contribution is 0.411. The van der Waals surface area contributed by atoms with Gasteiger partial charge in [0, 0.05) is 0 Å². The largest absolute Gasteiger partial charge is 0.107 e. The highest BCUT2D eigenvalue weighted by Crippen LogP contribution is 2.69. The van der Waals surface area contributed by atoms with Gasteiger partial charge in [-0.15, -0.1) is 7.55 Å². The molecule has 0 bridgehead atoms. The fraction of sp³-hybridized carbons (Fsp3) is 0.938. The Kier molecular flexibility index (Phi) is 3.23. The zero-order valence-electron chi connectivity index (χ0n) is 11.8. The highest BCUT2D eigenvalue weighted by atomic mass is 31.1. The first-order chi connectivity index (χ1) is 8.19. The van der Waals surface area contributed by atoms with Gasteiger partial charge in [0.25, 0.3) is 0 Å². The van der Waals surface area contributed by atoms with E-state index in [1.807, 2.05) is 5.29 Å². The predicted molar refractivity (Wildman–Crippen MR) is 80.9 cm³/mol. The van der Waals surface area contributed by atoms with Gasteiger partial charge in [0.15, 0.2) is 0 Å². The van der Waals surface area contributed by atoms with Crippen molar-refractivity contribution < 1.29 is 0 Å².